The normalized spacial score (nSPS) is 11.9. The van der Waals surface area contributed by atoms with Crippen molar-refractivity contribution >= 4 is 23.7 Å². The molecule has 0 radical (unpaired) electrons. The summed E-state index contributed by atoms with van der Waals surface area (Å²) < 4.78 is 9.62. The molecule has 0 aromatic rings. The van der Waals surface area contributed by atoms with E-state index in [1.807, 2.05) is 0 Å². The quantitative estimate of drug-likeness (QED) is 0.479. The zero-order valence-electron chi connectivity index (χ0n) is 11.1. The Morgan fingerprint density at radius 1 is 1.17 bits per heavy atom. The molecule has 0 saturated carbocycles. The van der Waals surface area contributed by atoms with Crippen molar-refractivity contribution in [1.82, 2.24) is 0 Å². The second-order valence-corrected chi connectivity index (χ2v) is 4.85. The number of hydrogen-bond donors (Lipinski definition) is 1. The Morgan fingerprint density at radius 3 is 2.44 bits per heavy atom. The summed E-state index contributed by atoms with van der Waals surface area (Å²) >= 11 is 1.60. The van der Waals surface area contributed by atoms with Gasteiger partial charge in [-0.15, -0.1) is 0 Å². The Morgan fingerprint density at radius 2 is 1.83 bits per heavy atom. The zero-order chi connectivity index (χ0) is 13.8. The second kappa shape index (κ2) is 11.3. The predicted molar refractivity (Wildman–Crippen MR) is 72.4 cm³/mol. The molecule has 106 valence electrons. The molecule has 1 atom stereocenters. The molecule has 0 bridgehead atoms. The van der Waals surface area contributed by atoms with Crippen LogP contribution in [-0.4, -0.2) is 42.7 Å². The third kappa shape index (κ3) is 9.30. The fourth-order valence-electron chi connectivity index (χ4n) is 1.23. The minimum atomic E-state index is -0.556. The highest BCUT2D eigenvalue weighted by molar-refractivity contribution is 7.99. The van der Waals surface area contributed by atoms with Crippen LogP contribution in [0.2, 0.25) is 0 Å². The van der Waals surface area contributed by atoms with Crippen molar-refractivity contribution in [2.24, 2.45) is 5.73 Å². The highest BCUT2D eigenvalue weighted by Gasteiger charge is 2.13. The number of thioether (sulfide) groups is 1. The van der Waals surface area contributed by atoms with Crippen LogP contribution in [0.25, 0.3) is 0 Å². The van der Waals surface area contributed by atoms with Crippen LogP contribution in [0.5, 0.6) is 0 Å². The molecule has 0 aliphatic carbocycles. The van der Waals surface area contributed by atoms with E-state index < -0.39 is 6.04 Å². The molecular weight excluding hydrogens is 254 g/mol. The molecule has 0 rings (SSSR count). The first-order valence-corrected chi connectivity index (χ1v) is 7.42. The summed E-state index contributed by atoms with van der Waals surface area (Å²) in [4.78, 5) is 22.2. The SMILES string of the molecule is CCOC(=O)CCCCSC[C@H](N)C(=O)OCC. The first-order valence-electron chi connectivity index (χ1n) is 6.27. The van der Waals surface area contributed by atoms with Gasteiger partial charge in [-0.3, -0.25) is 9.59 Å². The maximum absolute atomic E-state index is 11.2. The van der Waals surface area contributed by atoms with Gasteiger partial charge in [0.1, 0.15) is 6.04 Å². The lowest BCUT2D eigenvalue weighted by Gasteiger charge is -2.09. The number of carbonyl (C=O) groups is 2. The molecule has 0 fully saturated rings. The Kier molecular flexibility index (Phi) is 10.9. The molecule has 6 heteroatoms. The Balaban J connectivity index is 3.40. The summed E-state index contributed by atoms with van der Waals surface area (Å²) in [5.74, 6) is 0.937. The number of unbranched alkanes of at least 4 members (excludes halogenated alkanes) is 1. The van der Waals surface area contributed by atoms with Gasteiger partial charge >= 0.3 is 11.9 Å². The van der Waals surface area contributed by atoms with E-state index in [9.17, 15) is 9.59 Å². The molecule has 18 heavy (non-hydrogen) atoms. The zero-order valence-corrected chi connectivity index (χ0v) is 12.0. The van der Waals surface area contributed by atoms with Gasteiger partial charge in [0.05, 0.1) is 13.2 Å². The fourth-order valence-corrected chi connectivity index (χ4v) is 2.20. The van der Waals surface area contributed by atoms with E-state index in [-0.39, 0.29) is 11.9 Å². The van der Waals surface area contributed by atoms with Gasteiger partial charge in [0, 0.05) is 12.2 Å². The lowest BCUT2D eigenvalue weighted by Crippen LogP contribution is -2.34. The highest BCUT2D eigenvalue weighted by atomic mass is 32.2. The van der Waals surface area contributed by atoms with Crippen molar-refractivity contribution in [3.8, 4) is 0 Å². The van der Waals surface area contributed by atoms with Crippen LogP contribution in [-0.2, 0) is 19.1 Å². The van der Waals surface area contributed by atoms with Crippen LogP contribution >= 0.6 is 11.8 Å². The van der Waals surface area contributed by atoms with E-state index >= 15 is 0 Å². The van der Waals surface area contributed by atoms with Crippen molar-refractivity contribution in [1.29, 1.82) is 0 Å². The first-order chi connectivity index (χ1) is 8.61. The van der Waals surface area contributed by atoms with Gasteiger partial charge in [0.2, 0.25) is 0 Å². The number of rotatable bonds is 10. The van der Waals surface area contributed by atoms with E-state index in [4.69, 9.17) is 15.2 Å². The number of nitrogens with two attached hydrogens (primary N) is 1. The van der Waals surface area contributed by atoms with Gasteiger partial charge in [-0.1, -0.05) is 0 Å². The molecule has 0 spiro atoms. The topological polar surface area (TPSA) is 78.6 Å². The molecule has 0 saturated heterocycles. The van der Waals surface area contributed by atoms with Gasteiger partial charge in [0.25, 0.3) is 0 Å². The Bertz CT molecular complexity index is 248. The Hall–Kier alpha value is -0.750. The van der Waals surface area contributed by atoms with Crippen LogP contribution < -0.4 is 5.73 Å². The van der Waals surface area contributed by atoms with Crippen LogP contribution in [0.15, 0.2) is 0 Å². The monoisotopic (exact) mass is 277 g/mol. The molecule has 0 aliphatic heterocycles. The summed E-state index contributed by atoms with van der Waals surface area (Å²) in [5, 5.41) is 0. The van der Waals surface area contributed by atoms with Crippen molar-refractivity contribution in [3.05, 3.63) is 0 Å². The fraction of sp³-hybridized carbons (Fsp3) is 0.833. The standard InChI is InChI=1S/C12H23NO4S/c1-3-16-11(14)7-5-6-8-18-9-10(13)12(15)17-4-2/h10H,3-9,13H2,1-2H3/t10-/m0/s1. The van der Waals surface area contributed by atoms with E-state index in [1.165, 1.54) is 0 Å². The maximum Gasteiger partial charge on any atom is 0.323 e. The molecule has 0 aromatic heterocycles. The van der Waals surface area contributed by atoms with Crippen molar-refractivity contribution < 1.29 is 19.1 Å². The average Bonchev–Trinajstić information content (AvgIpc) is 2.33. The van der Waals surface area contributed by atoms with Crippen molar-refractivity contribution in [3.63, 3.8) is 0 Å². The number of ether oxygens (including phenoxy) is 2. The van der Waals surface area contributed by atoms with E-state index in [0.29, 0.717) is 25.4 Å². The minimum absolute atomic E-state index is 0.147. The molecule has 0 amide bonds. The predicted octanol–water partition coefficient (Wildman–Crippen LogP) is 1.34. The van der Waals surface area contributed by atoms with Crippen molar-refractivity contribution in [2.45, 2.75) is 39.2 Å². The van der Waals surface area contributed by atoms with Crippen LogP contribution in [0, 0.1) is 0 Å². The number of carbonyl (C=O) groups excluding carboxylic acids is 2. The summed E-state index contributed by atoms with van der Waals surface area (Å²) in [5.41, 5.74) is 5.64. The van der Waals surface area contributed by atoms with Gasteiger partial charge in [-0.2, -0.15) is 11.8 Å². The largest absolute Gasteiger partial charge is 0.466 e. The van der Waals surface area contributed by atoms with E-state index in [0.717, 1.165) is 18.6 Å². The van der Waals surface area contributed by atoms with Crippen molar-refractivity contribution in [2.75, 3.05) is 24.7 Å². The third-order valence-corrected chi connectivity index (χ3v) is 3.28. The summed E-state index contributed by atoms with van der Waals surface area (Å²) in [7, 11) is 0. The molecule has 0 heterocycles. The lowest BCUT2D eigenvalue weighted by atomic mass is 10.2. The molecule has 0 aliphatic rings. The molecule has 0 aromatic carbocycles. The number of esters is 2. The molecular formula is C12H23NO4S. The highest BCUT2D eigenvalue weighted by Crippen LogP contribution is 2.08. The summed E-state index contributed by atoms with van der Waals surface area (Å²) in [6.07, 6.45) is 2.18. The van der Waals surface area contributed by atoms with E-state index in [1.54, 1.807) is 25.6 Å². The smallest absolute Gasteiger partial charge is 0.323 e. The van der Waals surface area contributed by atoms with Crippen LogP contribution in [0.3, 0.4) is 0 Å². The second-order valence-electron chi connectivity index (χ2n) is 3.70. The van der Waals surface area contributed by atoms with Crippen LogP contribution in [0.4, 0.5) is 0 Å². The van der Waals surface area contributed by atoms with Gasteiger partial charge < -0.3 is 15.2 Å². The van der Waals surface area contributed by atoms with Gasteiger partial charge in [-0.25, -0.2) is 0 Å². The Labute approximate surface area is 113 Å². The summed E-state index contributed by atoms with van der Waals surface area (Å²) in [6.45, 7) is 4.34. The minimum Gasteiger partial charge on any atom is -0.466 e. The maximum atomic E-state index is 11.2. The van der Waals surface area contributed by atoms with Gasteiger partial charge in [0.15, 0.2) is 0 Å². The third-order valence-electron chi connectivity index (χ3n) is 2.11. The molecule has 0 unspecified atom stereocenters. The van der Waals surface area contributed by atoms with E-state index in [2.05, 4.69) is 0 Å². The van der Waals surface area contributed by atoms with Gasteiger partial charge in [-0.05, 0) is 32.4 Å². The molecule has 5 nitrogen and oxygen atoms in total. The summed E-state index contributed by atoms with van der Waals surface area (Å²) in [6, 6.07) is -0.556. The molecule has 2 N–H and O–H groups in total. The number of hydrogen-bond acceptors (Lipinski definition) is 6. The lowest BCUT2D eigenvalue weighted by molar-refractivity contribution is -0.144. The first kappa shape index (κ1) is 17.2. The van der Waals surface area contributed by atoms with Crippen LogP contribution in [0.1, 0.15) is 33.1 Å². The average molecular weight is 277 g/mol.